The van der Waals surface area contributed by atoms with E-state index in [1.165, 1.54) is 0 Å². The zero-order chi connectivity index (χ0) is 12.8. The van der Waals surface area contributed by atoms with Crippen LogP contribution in [0.2, 0.25) is 0 Å². The normalized spacial score (nSPS) is 10.7. The van der Waals surface area contributed by atoms with Crippen LogP contribution in [0.4, 0.5) is 0 Å². The van der Waals surface area contributed by atoms with Crippen molar-refractivity contribution in [1.82, 2.24) is 4.90 Å². The summed E-state index contributed by atoms with van der Waals surface area (Å²) < 4.78 is 10.8. The van der Waals surface area contributed by atoms with E-state index < -0.39 is 0 Å². The molecular formula is C13H25NO2S. The summed E-state index contributed by atoms with van der Waals surface area (Å²) in [7, 11) is 0. The molecule has 3 nitrogen and oxygen atoms in total. The molecule has 0 saturated heterocycles. The molecule has 0 aromatic heterocycles. The van der Waals surface area contributed by atoms with E-state index in [-0.39, 0.29) is 0 Å². The van der Waals surface area contributed by atoms with Gasteiger partial charge in [0.15, 0.2) is 0 Å². The van der Waals surface area contributed by atoms with Gasteiger partial charge in [0.25, 0.3) is 0 Å². The Bertz CT molecular complexity index is 172. The molecule has 17 heavy (non-hydrogen) atoms. The Balaban J connectivity index is 3.62. The third-order valence-electron chi connectivity index (χ3n) is 2.21. The van der Waals surface area contributed by atoms with Crippen molar-refractivity contribution in [3.63, 3.8) is 0 Å². The van der Waals surface area contributed by atoms with Crippen LogP contribution in [0.15, 0.2) is 25.3 Å². The van der Waals surface area contributed by atoms with Crippen molar-refractivity contribution in [2.45, 2.75) is 6.42 Å². The van der Waals surface area contributed by atoms with Crippen LogP contribution in [0.1, 0.15) is 6.42 Å². The van der Waals surface area contributed by atoms with E-state index >= 15 is 0 Å². The number of ether oxygens (including phenoxy) is 2. The Morgan fingerprint density at radius 3 is 1.88 bits per heavy atom. The van der Waals surface area contributed by atoms with Crippen molar-refractivity contribution in [2.24, 2.45) is 0 Å². The highest BCUT2D eigenvalue weighted by molar-refractivity contribution is 7.80. The topological polar surface area (TPSA) is 21.7 Å². The van der Waals surface area contributed by atoms with Crippen molar-refractivity contribution >= 4 is 12.6 Å². The van der Waals surface area contributed by atoms with Crippen molar-refractivity contribution < 1.29 is 9.47 Å². The molecule has 0 N–H and O–H groups in total. The molecule has 0 rings (SSSR count). The highest BCUT2D eigenvalue weighted by Crippen LogP contribution is 1.94. The van der Waals surface area contributed by atoms with Gasteiger partial charge in [-0.15, -0.1) is 13.2 Å². The fourth-order valence-electron chi connectivity index (χ4n) is 1.35. The first-order chi connectivity index (χ1) is 8.35. The molecule has 0 aliphatic carbocycles. The summed E-state index contributed by atoms with van der Waals surface area (Å²) >= 11 is 4.23. The molecule has 100 valence electrons. The Labute approximate surface area is 111 Å². The van der Waals surface area contributed by atoms with Crippen LogP contribution in [-0.2, 0) is 9.47 Å². The van der Waals surface area contributed by atoms with Gasteiger partial charge in [-0.3, -0.25) is 4.90 Å². The third-order valence-corrected chi connectivity index (χ3v) is 2.52. The Kier molecular flexibility index (Phi) is 13.5. The molecule has 0 aromatic carbocycles. The van der Waals surface area contributed by atoms with Crippen molar-refractivity contribution in [2.75, 3.05) is 51.8 Å². The van der Waals surface area contributed by atoms with Crippen LogP contribution in [-0.4, -0.2) is 56.7 Å². The zero-order valence-corrected chi connectivity index (χ0v) is 11.5. The maximum atomic E-state index is 5.38. The molecule has 0 atom stereocenters. The summed E-state index contributed by atoms with van der Waals surface area (Å²) in [4.78, 5) is 2.34. The van der Waals surface area contributed by atoms with Crippen molar-refractivity contribution in [3.8, 4) is 0 Å². The second-order valence-electron chi connectivity index (χ2n) is 3.65. The molecule has 0 heterocycles. The average molecular weight is 259 g/mol. The summed E-state index contributed by atoms with van der Waals surface area (Å²) in [6, 6.07) is 0. The van der Waals surface area contributed by atoms with Gasteiger partial charge in [0, 0.05) is 13.1 Å². The number of rotatable bonds is 13. The molecule has 0 aromatic rings. The summed E-state index contributed by atoms with van der Waals surface area (Å²) in [5.41, 5.74) is 0. The Hall–Kier alpha value is -0.290. The van der Waals surface area contributed by atoms with Gasteiger partial charge in [-0.1, -0.05) is 12.2 Å². The zero-order valence-electron chi connectivity index (χ0n) is 10.6. The minimum absolute atomic E-state index is 0.618. The fraction of sp³-hybridized carbons (Fsp3) is 0.692. The van der Waals surface area contributed by atoms with Gasteiger partial charge >= 0.3 is 0 Å². The van der Waals surface area contributed by atoms with Gasteiger partial charge in [-0.2, -0.15) is 12.6 Å². The van der Waals surface area contributed by atoms with Gasteiger partial charge in [-0.25, -0.2) is 0 Å². The molecule has 0 aliphatic rings. The maximum Gasteiger partial charge on any atom is 0.0645 e. The van der Waals surface area contributed by atoms with Crippen LogP contribution in [0.3, 0.4) is 0 Å². The third kappa shape index (κ3) is 12.0. The number of hydrogen-bond acceptors (Lipinski definition) is 4. The van der Waals surface area contributed by atoms with Crippen LogP contribution in [0.25, 0.3) is 0 Å². The minimum Gasteiger partial charge on any atom is -0.376 e. The summed E-state index contributed by atoms with van der Waals surface area (Å²) in [5.74, 6) is 0.914. The van der Waals surface area contributed by atoms with E-state index in [4.69, 9.17) is 9.47 Å². The molecule has 4 heteroatoms. The maximum absolute atomic E-state index is 5.38. The predicted octanol–water partition coefficient (Wildman–Crippen LogP) is 2.01. The molecule has 0 bridgehead atoms. The lowest BCUT2D eigenvalue weighted by Crippen LogP contribution is -2.32. The summed E-state index contributed by atoms with van der Waals surface area (Å²) in [6.45, 7) is 12.8. The van der Waals surface area contributed by atoms with Gasteiger partial charge in [0.05, 0.1) is 26.4 Å². The van der Waals surface area contributed by atoms with E-state index in [1.807, 2.05) is 0 Å². The first kappa shape index (κ1) is 16.7. The summed E-state index contributed by atoms with van der Waals surface area (Å²) in [5, 5.41) is 0. The lowest BCUT2D eigenvalue weighted by molar-refractivity contribution is 0.0924. The number of nitrogens with zero attached hydrogens (tertiary/aromatic N) is 1. The van der Waals surface area contributed by atoms with E-state index in [0.717, 1.165) is 45.0 Å². The quantitative estimate of drug-likeness (QED) is 0.311. The first-order valence-corrected chi connectivity index (χ1v) is 6.69. The van der Waals surface area contributed by atoms with Crippen LogP contribution in [0, 0.1) is 0 Å². The van der Waals surface area contributed by atoms with Gasteiger partial charge in [-0.05, 0) is 18.7 Å². The SMILES string of the molecule is C=CCOCCN(CCCS)CCOCC=C. The van der Waals surface area contributed by atoms with Crippen LogP contribution >= 0.6 is 12.6 Å². The highest BCUT2D eigenvalue weighted by atomic mass is 32.1. The Morgan fingerprint density at radius 2 is 1.47 bits per heavy atom. The van der Waals surface area contributed by atoms with E-state index in [9.17, 15) is 0 Å². The largest absolute Gasteiger partial charge is 0.376 e. The second kappa shape index (κ2) is 13.8. The van der Waals surface area contributed by atoms with E-state index in [2.05, 4.69) is 30.7 Å². The van der Waals surface area contributed by atoms with E-state index in [0.29, 0.717) is 13.2 Å². The second-order valence-corrected chi connectivity index (χ2v) is 4.09. The summed E-state index contributed by atoms with van der Waals surface area (Å²) in [6.07, 6.45) is 4.63. The van der Waals surface area contributed by atoms with Gasteiger partial charge < -0.3 is 9.47 Å². The molecule has 0 aliphatic heterocycles. The molecule has 0 saturated carbocycles. The first-order valence-electron chi connectivity index (χ1n) is 6.05. The lowest BCUT2D eigenvalue weighted by atomic mass is 10.4. The predicted molar refractivity (Wildman–Crippen MR) is 76.9 cm³/mol. The van der Waals surface area contributed by atoms with Crippen molar-refractivity contribution in [1.29, 1.82) is 0 Å². The molecule has 0 amide bonds. The number of thiol groups is 1. The molecular weight excluding hydrogens is 234 g/mol. The molecule has 0 radical (unpaired) electrons. The smallest absolute Gasteiger partial charge is 0.0645 e. The molecule has 0 spiro atoms. The average Bonchev–Trinajstić information content (AvgIpc) is 2.35. The van der Waals surface area contributed by atoms with E-state index in [1.54, 1.807) is 12.2 Å². The standard InChI is InChI=1S/C13H25NO2S/c1-3-9-15-11-7-14(6-5-13-17)8-12-16-10-4-2/h3-4,17H,1-2,5-13H2. The van der Waals surface area contributed by atoms with Gasteiger partial charge in [0.2, 0.25) is 0 Å². The fourth-order valence-corrected chi connectivity index (χ4v) is 1.49. The van der Waals surface area contributed by atoms with Crippen LogP contribution in [0.5, 0.6) is 0 Å². The lowest BCUT2D eigenvalue weighted by Gasteiger charge is -2.21. The van der Waals surface area contributed by atoms with Crippen molar-refractivity contribution in [3.05, 3.63) is 25.3 Å². The van der Waals surface area contributed by atoms with Crippen LogP contribution < -0.4 is 0 Å². The monoisotopic (exact) mass is 259 g/mol. The van der Waals surface area contributed by atoms with Gasteiger partial charge in [0.1, 0.15) is 0 Å². The minimum atomic E-state index is 0.618. The highest BCUT2D eigenvalue weighted by Gasteiger charge is 2.03. The Morgan fingerprint density at radius 1 is 0.941 bits per heavy atom. The number of hydrogen-bond donors (Lipinski definition) is 1. The molecule has 0 fully saturated rings. The molecule has 0 unspecified atom stereocenters.